The summed E-state index contributed by atoms with van der Waals surface area (Å²) in [6.45, 7) is 4.05. The fraction of sp³-hybridized carbons (Fsp3) is 0.296. The largest absolute Gasteiger partial charge is 0.416 e. The molecule has 0 spiro atoms. The van der Waals surface area contributed by atoms with Crippen molar-refractivity contribution in [3.05, 3.63) is 88.0 Å². The Morgan fingerprint density at radius 2 is 1.67 bits per heavy atom. The number of fused-ring (bicyclic) bond motifs is 1. The van der Waals surface area contributed by atoms with E-state index in [1.807, 2.05) is 19.9 Å². The third-order valence-corrected chi connectivity index (χ3v) is 5.97. The van der Waals surface area contributed by atoms with Gasteiger partial charge in [0.1, 0.15) is 5.82 Å². The van der Waals surface area contributed by atoms with Gasteiger partial charge < -0.3 is 5.11 Å². The van der Waals surface area contributed by atoms with Crippen LogP contribution in [0.5, 0.6) is 0 Å². The maximum atomic E-state index is 13.7. The molecule has 0 radical (unpaired) electrons. The lowest BCUT2D eigenvalue weighted by atomic mass is 9.82. The van der Waals surface area contributed by atoms with Crippen molar-refractivity contribution in [2.24, 2.45) is 0 Å². The molecule has 1 N–H and O–H groups in total. The van der Waals surface area contributed by atoms with Crippen LogP contribution in [-0.4, -0.2) is 10.1 Å². The second-order valence-corrected chi connectivity index (χ2v) is 8.67. The standard InChI is InChI=1S/C27H25F4NO/c1-16(2)26-21(15-8-17-6-11-19(12-7-17)27(29,30)31)24(18-9-13-20(28)14-10-18)25-22(32-26)4-3-5-23(25)33/h6-16,23,33H,3-5H2,1-2H3. The Labute approximate surface area is 190 Å². The van der Waals surface area contributed by atoms with E-state index in [-0.39, 0.29) is 11.7 Å². The Kier molecular flexibility index (Phi) is 6.39. The van der Waals surface area contributed by atoms with Crippen molar-refractivity contribution in [1.29, 1.82) is 0 Å². The molecule has 0 fully saturated rings. The van der Waals surface area contributed by atoms with Crippen LogP contribution < -0.4 is 0 Å². The van der Waals surface area contributed by atoms with Gasteiger partial charge in [-0.05, 0) is 66.1 Å². The van der Waals surface area contributed by atoms with E-state index in [9.17, 15) is 22.7 Å². The summed E-state index contributed by atoms with van der Waals surface area (Å²) < 4.78 is 52.4. The Morgan fingerprint density at radius 3 is 2.27 bits per heavy atom. The van der Waals surface area contributed by atoms with Gasteiger partial charge >= 0.3 is 6.18 Å². The number of aromatic nitrogens is 1. The van der Waals surface area contributed by atoms with E-state index in [1.54, 1.807) is 18.2 Å². The van der Waals surface area contributed by atoms with E-state index < -0.39 is 17.8 Å². The average Bonchev–Trinajstić information content (AvgIpc) is 2.77. The molecule has 1 aromatic heterocycles. The normalized spacial score (nSPS) is 16.4. The molecule has 6 heteroatoms. The number of aliphatic hydroxyl groups is 1. The SMILES string of the molecule is CC(C)c1nc2c(c(-c3ccc(F)cc3)c1C=Cc1ccc(C(F)(F)F)cc1)C(O)CCC2. The molecule has 4 rings (SSSR count). The smallest absolute Gasteiger partial charge is 0.388 e. The number of hydrogen-bond donors (Lipinski definition) is 1. The molecule has 1 aliphatic carbocycles. The molecule has 1 heterocycles. The lowest BCUT2D eigenvalue weighted by Gasteiger charge is -2.28. The van der Waals surface area contributed by atoms with E-state index >= 15 is 0 Å². The summed E-state index contributed by atoms with van der Waals surface area (Å²) in [5.74, 6) is -0.283. The Morgan fingerprint density at radius 1 is 1.00 bits per heavy atom. The molecule has 0 amide bonds. The van der Waals surface area contributed by atoms with Crippen molar-refractivity contribution < 1.29 is 22.7 Å². The van der Waals surface area contributed by atoms with Crippen LogP contribution in [-0.2, 0) is 12.6 Å². The summed E-state index contributed by atoms with van der Waals surface area (Å²) in [6.07, 6.45) is 0.725. The molecule has 2 aromatic carbocycles. The Bertz CT molecular complexity index is 1160. The summed E-state index contributed by atoms with van der Waals surface area (Å²) in [5.41, 5.74) is 4.72. The monoisotopic (exact) mass is 455 g/mol. The van der Waals surface area contributed by atoms with Gasteiger partial charge in [-0.15, -0.1) is 0 Å². The van der Waals surface area contributed by atoms with Crippen LogP contribution in [0.3, 0.4) is 0 Å². The number of nitrogens with zero attached hydrogens (tertiary/aromatic N) is 1. The highest BCUT2D eigenvalue weighted by atomic mass is 19.4. The minimum atomic E-state index is -4.39. The van der Waals surface area contributed by atoms with Crippen LogP contribution in [0.2, 0.25) is 0 Å². The minimum Gasteiger partial charge on any atom is -0.388 e. The summed E-state index contributed by atoms with van der Waals surface area (Å²) in [7, 11) is 0. The second-order valence-electron chi connectivity index (χ2n) is 8.67. The molecule has 33 heavy (non-hydrogen) atoms. The summed E-state index contributed by atoms with van der Waals surface area (Å²) >= 11 is 0. The van der Waals surface area contributed by atoms with Crippen LogP contribution >= 0.6 is 0 Å². The van der Waals surface area contributed by atoms with Gasteiger partial charge in [0.15, 0.2) is 0 Å². The molecule has 0 bridgehead atoms. The van der Waals surface area contributed by atoms with Gasteiger partial charge in [0, 0.05) is 16.8 Å². The van der Waals surface area contributed by atoms with Crippen LogP contribution in [0.25, 0.3) is 23.3 Å². The maximum Gasteiger partial charge on any atom is 0.416 e. The first-order chi connectivity index (χ1) is 15.6. The van der Waals surface area contributed by atoms with Crippen LogP contribution in [0.15, 0.2) is 48.5 Å². The highest BCUT2D eigenvalue weighted by molar-refractivity contribution is 5.85. The topological polar surface area (TPSA) is 33.1 Å². The van der Waals surface area contributed by atoms with E-state index in [0.717, 1.165) is 58.6 Å². The predicted octanol–water partition coefficient (Wildman–Crippen LogP) is 7.57. The van der Waals surface area contributed by atoms with Crippen molar-refractivity contribution in [1.82, 2.24) is 4.98 Å². The quantitative estimate of drug-likeness (QED) is 0.412. The summed E-state index contributed by atoms with van der Waals surface area (Å²) in [4.78, 5) is 4.89. The molecule has 172 valence electrons. The van der Waals surface area contributed by atoms with Crippen molar-refractivity contribution in [3.63, 3.8) is 0 Å². The Hall–Kier alpha value is -2.99. The van der Waals surface area contributed by atoms with Crippen LogP contribution in [0.4, 0.5) is 17.6 Å². The van der Waals surface area contributed by atoms with Crippen molar-refractivity contribution in [2.75, 3.05) is 0 Å². The predicted molar refractivity (Wildman–Crippen MR) is 122 cm³/mol. The summed E-state index contributed by atoms with van der Waals surface area (Å²) in [6, 6.07) is 11.1. The fourth-order valence-corrected chi connectivity index (χ4v) is 4.34. The third kappa shape index (κ3) is 4.86. The zero-order valence-corrected chi connectivity index (χ0v) is 18.5. The van der Waals surface area contributed by atoms with Gasteiger partial charge in [0.05, 0.1) is 17.4 Å². The number of hydrogen-bond acceptors (Lipinski definition) is 2. The molecule has 0 saturated heterocycles. The zero-order valence-electron chi connectivity index (χ0n) is 18.5. The number of aliphatic hydroxyl groups excluding tert-OH is 1. The van der Waals surface area contributed by atoms with Crippen molar-refractivity contribution in [3.8, 4) is 11.1 Å². The molecule has 0 saturated carbocycles. The number of pyridine rings is 1. The molecular weight excluding hydrogens is 430 g/mol. The van der Waals surface area contributed by atoms with Crippen molar-refractivity contribution >= 4 is 12.2 Å². The molecule has 1 aliphatic rings. The van der Waals surface area contributed by atoms with Crippen molar-refractivity contribution in [2.45, 2.75) is 51.3 Å². The van der Waals surface area contributed by atoms with Gasteiger partial charge in [-0.25, -0.2) is 4.39 Å². The lowest BCUT2D eigenvalue weighted by Crippen LogP contribution is -2.16. The molecule has 1 atom stereocenters. The lowest BCUT2D eigenvalue weighted by molar-refractivity contribution is -0.137. The van der Waals surface area contributed by atoms with Gasteiger partial charge in [-0.3, -0.25) is 4.98 Å². The number of rotatable bonds is 4. The van der Waals surface area contributed by atoms with Crippen LogP contribution in [0.1, 0.15) is 72.4 Å². The first-order valence-electron chi connectivity index (χ1n) is 11.0. The van der Waals surface area contributed by atoms with E-state index in [0.29, 0.717) is 12.0 Å². The average molecular weight is 455 g/mol. The molecule has 3 aromatic rings. The van der Waals surface area contributed by atoms with E-state index in [1.165, 1.54) is 24.3 Å². The summed E-state index contributed by atoms with van der Waals surface area (Å²) in [5, 5.41) is 10.9. The zero-order chi connectivity index (χ0) is 23.8. The highest BCUT2D eigenvalue weighted by Gasteiger charge is 2.30. The van der Waals surface area contributed by atoms with Gasteiger partial charge in [0.25, 0.3) is 0 Å². The van der Waals surface area contributed by atoms with Gasteiger partial charge in [0.2, 0.25) is 0 Å². The molecular formula is C27H25F4NO. The number of halogens is 4. The number of aryl methyl sites for hydroxylation is 1. The highest BCUT2D eigenvalue weighted by Crippen LogP contribution is 2.42. The van der Waals surface area contributed by atoms with E-state index in [2.05, 4.69) is 0 Å². The number of alkyl halides is 3. The second kappa shape index (κ2) is 9.10. The number of benzene rings is 2. The maximum absolute atomic E-state index is 13.7. The van der Waals surface area contributed by atoms with Gasteiger partial charge in [-0.2, -0.15) is 13.2 Å². The fourth-order valence-electron chi connectivity index (χ4n) is 4.34. The Balaban J connectivity index is 1.89. The molecule has 0 aliphatic heterocycles. The van der Waals surface area contributed by atoms with Gasteiger partial charge in [-0.1, -0.05) is 50.3 Å². The molecule has 1 unspecified atom stereocenters. The first-order valence-corrected chi connectivity index (χ1v) is 11.0. The van der Waals surface area contributed by atoms with Crippen LogP contribution in [0, 0.1) is 5.82 Å². The first kappa shape index (κ1) is 23.2. The minimum absolute atomic E-state index is 0.0702. The third-order valence-electron chi connectivity index (χ3n) is 5.97. The molecule has 2 nitrogen and oxygen atoms in total. The van der Waals surface area contributed by atoms with E-state index in [4.69, 9.17) is 4.98 Å².